The van der Waals surface area contributed by atoms with Crippen molar-refractivity contribution < 1.29 is 4.39 Å². The lowest BCUT2D eigenvalue weighted by molar-refractivity contribution is 0.188. The molecule has 1 saturated heterocycles. The Morgan fingerprint density at radius 3 is 2.42 bits per heavy atom. The number of piperidine rings is 1. The topological polar surface area (TPSA) is 41.4 Å². The molecule has 5 nitrogen and oxygen atoms in total. The van der Waals surface area contributed by atoms with Crippen molar-refractivity contribution >= 4 is 22.3 Å². The number of benzene rings is 3. The molecule has 33 heavy (non-hydrogen) atoms. The molecule has 5 rings (SSSR count). The summed E-state index contributed by atoms with van der Waals surface area (Å²) in [4.78, 5) is 22.0. The largest absolute Gasteiger partial charge is 0.340 e. The van der Waals surface area contributed by atoms with Gasteiger partial charge in [-0.3, -0.25) is 9.36 Å². The van der Waals surface area contributed by atoms with Gasteiger partial charge in [-0.2, -0.15) is 0 Å². The normalized spacial score (nSPS) is 15.1. The van der Waals surface area contributed by atoms with Gasteiger partial charge in [0.05, 0.1) is 17.2 Å². The number of rotatable bonds is 6. The molecule has 0 radical (unpaired) electrons. The minimum absolute atomic E-state index is 0.0420. The molecule has 0 spiro atoms. The maximum absolute atomic E-state index is 13.9. The van der Waals surface area contributed by atoms with Crippen LogP contribution in [0.25, 0.3) is 10.9 Å². The number of likely N-dealkylation sites (tertiary alicyclic amines) is 1. The minimum atomic E-state index is -0.233. The van der Waals surface area contributed by atoms with Crippen molar-refractivity contribution in [3.8, 4) is 0 Å². The van der Waals surface area contributed by atoms with E-state index in [2.05, 4.69) is 26.9 Å². The second-order valence-corrected chi connectivity index (χ2v) is 8.51. The zero-order valence-electron chi connectivity index (χ0n) is 18.5. The fourth-order valence-corrected chi connectivity index (χ4v) is 4.66. The molecule has 3 aromatic carbocycles. The Hall–Kier alpha value is -3.51. The fraction of sp³-hybridized carbons (Fsp3) is 0.259. The quantitative estimate of drug-likeness (QED) is 0.421. The van der Waals surface area contributed by atoms with Crippen LogP contribution in [0.3, 0.4) is 0 Å². The van der Waals surface area contributed by atoms with E-state index in [0.717, 1.165) is 55.9 Å². The van der Waals surface area contributed by atoms with Gasteiger partial charge in [0.25, 0.3) is 5.56 Å². The summed E-state index contributed by atoms with van der Waals surface area (Å²) in [5, 5.41) is 0.677. The van der Waals surface area contributed by atoms with Gasteiger partial charge in [0, 0.05) is 43.6 Å². The summed E-state index contributed by atoms with van der Waals surface area (Å²) >= 11 is 0. The maximum atomic E-state index is 13.9. The van der Waals surface area contributed by atoms with Gasteiger partial charge in [-0.25, -0.2) is 9.37 Å². The van der Waals surface area contributed by atoms with Crippen LogP contribution in [0.4, 0.5) is 15.8 Å². The highest BCUT2D eigenvalue weighted by molar-refractivity contribution is 5.76. The second-order valence-electron chi connectivity index (χ2n) is 8.51. The molecular weight excluding hydrogens is 415 g/mol. The number of aromatic nitrogens is 2. The van der Waals surface area contributed by atoms with Crippen molar-refractivity contribution in [2.45, 2.75) is 18.9 Å². The van der Waals surface area contributed by atoms with Crippen molar-refractivity contribution in [2.24, 2.45) is 0 Å². The highest BCUT2D eigenvalue weighted by Crippen LogP contribution is 2.27. The molecular formula is C27H27FN4O. The first kappa shape index (κ1) is 21.3. The number of nitrogens with zero attached hydrogens (tertiary/aromatic N) is 4. The van der Waals surface area contributed by atoms with Crippen LogP contribution in [0.15, 0.2) is 90.0 Å². The predicted octanol–water partition coefficient (Wildman–Crippen LogP) is 5.01. The Kier molecular flexibility index (Phi) is 6.17. The van der Waals surface area contributed by atoms with Crippen LogP contribution in [0.2, 0.25) is 0 Å². The van der Waals surface area contributed by atoms with Crippen molar-refractivity contribution in [3.63, 3.8) is 0 Å². The molecule has 0 unspecified atom stereocenters. The van der Waals surface area contributed by atoms with E-state index in [9.17, 15) is 9.18 Å². The summed E-state index contributed by atoms with van der Waals surface area (Å²) in [6.07, 6.45) is 3.52. The first-order valence-corrected chi connectivity index (χ1v) is 11.5. The molecule has 2 heterocycles. The zero-order valence-corrected chi connectivity index (χ0v) is 18.5. The van der Waals surface area contributed by atoms with Crippen LogP contribution >= 0.6 is 0 Å². The third-order valence-corrected chi connectivity index (χ3v) is 6.47. The van der Waals surface area contributed by atoms with Gasteiger partial charge in [-0.15, -0.1) is 0 Å². The molecule has 0 atom stereocenters. The summed E-state index contributed by atoms with van der Waals surface area (Å²) in [5.41, 5.74) is 2.69. The lowest BCUT2D eigenvalue weighted by Gasteiger charge is -2.34. The number of anilines is 2. The minimum Gasteiger partial charge on any atom is -0.340 e. The standard InChI is InChI=1S/C27H27FN4O/c28-21-7-6-10-24(19-21)31(22-8-2-1-3-9-22)18-17-30-15-13-23(14-16-30)32-20-29-26-12-5-4-11-25(26)27(32)33/h1-12,19-20,23H,13-18H2. The molecule has 0 saturated carbocycles. The molecule has 0 amide bonds. The fourth-order valence-electron chi connectivity index (χ4n) is 4.66. The molecule has 4 aromatic rings. The lowest BCUT2D eigenvalue weighted by atomic mass is 10.0. The highest BCUT2D eigenvalue weighted by Gasteiger charge is 2.22. The summed E-state index contributed by atoms with van der Waals surface area (Å²) < 4.78 is 15.7. The number of fused-ring (bicyclic) bond motifs is 1. The first-order valence-electron chi connectivity index (χ1n) is 11.5. The summed E-state index contributed by atoms with van der Waals surface area (Å²) in [6, 6.07) is 24.5. The van der Waals surface area contributed by atoms with Crippen LogP contribution in [-0.4, -0.2) is 40.6 Å². The van der Waals surface area contributed by atoms with Crippen LogP contribution in [0.5, 0.6) is 0 Å². The van der Waals surface area contributed by atoms with E-state index < -0.39 is 0 Å². The third kappa shape index (κ3) is 4.66. The molecule has 1 aliphatic rings. The number of hydrogen-bond acceptors (Lipinski definition) is 4. The molecule has 1 fully saturated rings. The van der Waals surface area contributed by atoms with E-state index >= 15 is 0 Å². The first-order chi connectivity index (χ1) is 16.2. The van der Waals surface area contributed by atoms with E-state index in [-0.39, 0.29) is 17.4 Å². The van der Waals surface area contributed by atoms with E-state index in [4.69, 9.17) is 0 Å². The Labute approximate surface area is 192 Å². The SMILES string of the molecule is O=c1c2ccccc2ncn1C1CCN(CCN(c2ccccc2)c2cccc(F)c2)CC1. The van der Waals surface area contributed by atoms with Gasteiger partial charge in [0.1, 0.15) is 5.82 Å². The van der Waals surface area contributed by atoms with Gasteiger partial charge in [-0.05, 0) is 55.3 Å². The number of halogens is 1. The molecule has 1 aliphatic heterocycles. The molecule has 0 N–H and O–H groups in total. The van der Waals surface area contributed by atoms with E-state index in [1.165, 1.54) is 6.07 Å². The smallest absolute Gasteiger partial charge is 0.261 e. The van der Waals surface area contributed by atoms with Gasteiger partial charge in [-0.1, -0.05) is 36.4 Å². The number of para-hydroxylation sites is 2. The maximum Gasteiger partial charge on any atom is 0.261 e. The molecule has 0 bridgehead atoms. The van der Waals surface area contributed by atoms with E-state index in [0.29, 0.717) is 5.39 Å². The Balaban J connectivity index is 1.26. The summed E-state index contributed by atoms with van der Waals surface area (Å²) in [6.45, 7) is 3.45. The van der Waals surface area contributed by atoms with E-state index in [1.54, 1.807) is 18.5 Å². The number of hydrogen-bond donors (Lipinski definition) is 0. The Bertz CT molecular complexity index is 1280. The predicted molar refractivity (Wildman–Crippen MR) is 131 cm³/mol. The Morgan fingerprint density at radius 2 is 1.64 bits per heavy atom. The summed E-state index contributed by atoms with van der Waals surface area (Å²) in [7, 11) is 0. The van der Waals surface area contributed by atoms with E-state index in [1.807, 2.05) is 53.1 Å². The second kappa shape index (κ2) is 9.55. The van der Waals surface area contributed by atoms with Gasteiger partial charge in [0.2, 0.25) is 0 Å². The van der Waals surface area contributed by atoms with Crippen molar-refractivity contribution in [3.05, 3.63) is 101 Å². The van der Waals surface area contributed by atoms with Crippen LogP contribution in [0, 0.1) is 5.82 Å². The van der Waals surface area contributed by atoms with Gasteiger partial charge >= 0.3 is 0 Å². The molecule has 1 aromatic heterocycles. The monoisotopic (exact) mass is 442 g/mol. The Morgan fingerprint density at radius 1 is 0.909 bits per heavy atom. The van der Waals surface area contributed by atoms with Crippen LogP contribution in [-0.2, 0) is 0 Å². The van der Waals surface area contributed by atoms with Crippen molar-refractivity contribution in [1.29, 1.82) is 0 Å². The van der Waals surface area contributed by atoms with Crippen molar-refractivity contribution in [1.82, 2.24) is 14.5 Å². The highest BCUT2D eigenvalue weighted by atomic mass is 19.1. The molecule has 6 heteroatoms. The lowest BCUT2D eigenvalue weighted by Crippen LogP contribution is -2.40. The zero-order chi connectivity index (χ0) is 22.6. The molecule has 168 valence electrons. The van der Waals surface area contributed by atoms with Gasteiger partial charge in [0.15, 0.2) is 0 Å². The van der Waals surface area contributed by atoms with Crippen molar-refractivity contribution in [2.75, 3.05) is 31.1 Å². The van der Waals surface area contributed by atoms with Gasteiger partial charge < -0.3 is 9.80 Å². The third-order valence-electron chi connectivity index (χ3n) is 6.47. The van der Waals surface area contributed by atoms with Crippen LogP contribution in [0.1, 0.15) is 18.9 Å². The average molecular weight is 443 g/mol. The summed E-state index contributed by atoms with van der Waals surface area (Å²) in [5.74, 6) is -0.233. The van der Waals surface area contributed by atoms with Crippen LogP contribution < -0.4 is 10.5 Å². The average Bonchev–Trinajstić information content (AvgIpc) is 2.86. The molecule has 0 aliphatic carbocycles.